The molecule has 0 bridgehead atoms. The molecule has 1 N–H and O–H groups in total. The maximum atomic E-state index is 13.1. The molecule has 0 atom stereocenters. The first kappa shape index (κ1) is 14.6. The maximum Gasteiger partial charge on any atom is 0.323 e. The van der Waals surface area contributed by atoms with Crippen LogP contribution in [0.2, 0.25) is 0 Å². The van der Waals surface area contributed by atoms with E-state index >= 15 is 0 Å². The van der Waals surface area contributed by atoms with Crippen LogP contribution in [-0.2, 0) is 9.59 Å². The number of thioether (sulfide) groups is 1. The van der Waals surface area contributed by atoms with E-state index in [2.05, 4.69) is 0 Å². The molecule has 0 spiro atoms. The average molecular weight is 315 g/mol. The van der Waals surface area contributed by atoms with Crippen molar-refractivity contribution in [3.05, 3.63) is 40.3 Å². The van der Waals surface area contributed by atoms with Gasteiger partial charge in [-0.2, -0.15) is 0 Å². The third-order valence-electron chi connectivity index (χ3n) is 2.41. The topological polar surface area (TPSA) is 57.6 Å². The highest BCUT2D eigenvalue weighted by atomic mass is 32.2. The number of carbonyl (C=O) groups excluding carboxylic acids is 1. The zero-order chi connectivity index (χ0) is 14.9. The van der Waals surface area contributed by atoms with Gasteiger partial charge in [0.05, 0.1) is 4.91 Å². The highest BCUT2D eigenvalue weighted by Crippen LogP contribution is 2.32. The maximum absolute atomic E-state index is 13.1. The van der Waals surface area contributed by atoms with Crippen molar-refractivity contribution in [2.75, 3.05) is 6.54 Å². The molecule has 0 aromatic heterocycles. The number of rotatable bonds is 3. The van der Waals surface area contributed by atoms with Crippen LogP contribution >= 0.6 is 24.0 Å². The Labute approximate surface area is 122 Å². The van der Waals surface area contributed by atoms with Crippen LogP contribution in [0, 0.1) is 11.6 Å². The summed E-state index contributed by atoms with van der Waals surface area (Å²) >= 11 is 5.82. The molecule has 2 rings (SSSR count). The van der Waals surface area contributed by atoms with Gasteiger partial charge in [-0.3, -0.25) is 14.5 Å². The summed E-state index contributed by atoms with van der Waals surface area (Å²) in [4.78, 5) is 23.7. The van der Waals surface area contributed by atoms with E-state index in [1.165, 1.54) is 12.1 Å². The minimum absolute atomic E-state index is 0.117. The first-order valence-electron chi connectivity index (χ1n) is 5.30. The van der Waals surface area contributed by atoms with Crippen molar-refractivity contribution >= 4 is 46.3 Å². The molecule has 1 saturated heterocycles. The van der Waals surface area contributed by atoms with Crippen LogP contribution in [0.5, 0.6) is 0 Å². The van der Waals surface area contributed by atoms with E-state index in [1.54, 1.807) is 0 Å². The van der Waals surface area contributed by atoms with Crippen LogP contribution in [0.15, 0.2) is 23.1 Å². The van der Waals surface area contributed by atoms with Crippen LogP contribution in [0.4, 0.5) is 8.78 Å². The van der Waals surface area contributed by atoms with Crippen molar-refractivity contribution in [3.8, 4) is 0 Å². The number of nitrogens with zero attached hydrogens (tertiary/aromatic N) is 1. The van der Waals surface area contributed by atoms with Gasteiger partial charge >= 0.3 is 5.97 Å². The van der Waals surface area contributed by atoms with Gasteiger partial charge in [0, 0.05) is 0 Å². The number of aliphatic carboxylic acids is 1. The van der Waals surface area contributed by atoms with Gasteiger partial charge in [0.15, 0.2) is 11.6 Å². The van der Waals surface area contributed by atoms with Gasteiger partial charge in [-0.25, -0.2) is 8.78 Å². The van der Waals surface area contributed by atoms with E-state index in [1.807, 2.05) is 0 Å². The van der Waals surface area contributed by atoms with Gasteiger partial charge in [0.25, 0.3) is 5.91 Å². The van der Waals surface area contributed by atoms with Gasteiger partial charge in [0.2, 0.25) is 0 Å². The average Bonchev–Trinajstić information content (AvgIpc) is 2.61. The third kappa shape index (κ3) is 3.02. The second kappa shape index (κ2) is 5.68. The first-order valence-corrected chi connectivity index (χ1v) is 6.53. The summed E-state index contributed by atoms with van der Waals surface area (Å²) < 4.78 is 26.0. The minimum Gasteiger partial charge on any atom is -0.480 e. The van der Waals surface area contributed by atoms with Crippen LogP contribution in [0.25, 0.3) is 6.08 Å². The molecule has 1 aromatic rings. The van der Waals surface area contributed by atoms with Gasteiger partial charge in [0.1, 0.15) is 10.9 Å². The Hall–Kier alpha value is -1.80. The Morgan fingerprint density at radius 1 is 1.40 bits per heavy atom. The Morgan fingerprint density at radius 3 is 2.70 bits per heavy atom. The Balaban J connectivity index is 2.27. The SMILES string of the molecule is O=C(O)CN1C(=O)/C(=C/c2ccc(F)c(F)c2)SC1=S. The van der Waals surface area contributed by atoms with Crippen molar-refractivity contribution < 1.29 is 23.5 Å². The number of halogens is 2. The predicted octanol–water partition coefficient (Wildman–Crippen LogP) is 2.25. The fourth-order valence-electron chi connectivity index (χ4n) is 1.53. The van der Waals surface area contributed by atoms with Gasteiger partial charge < -0.3 is 5.11 Å². The van der Waals surface area contributed by atoms with Crippen LogP contribution in [0.3, 0.4) is 0 Å². The third-order valence-corrected chi connectivity index (χ3v) is 3.79. The monoisotopic (exact) mass is 315 g/mol. The molecule has 1 fully saturated rings. The Kier molecular flexibility index (Phi) is 4.15. The largest absolute Gasteiger partial charge is 0.480 e. The lowest BCUT2D eigenvalue weighted by atomic mass is 10.2. The van der Waals surface area contributed by atoms with Crippen molar-refractivity contribution in [2.24, 2.45) is 0 Å². The molecule has 0 unspecified atom stereocenters. The first-order chi connectivity index (χ1) is 9.38. The molecule has 1 aromatic carbocycles. The second-order valence-electron chi connectivity index (χ2n) is 3.84. The number of carboxylic acids is 1. The normalized spacial score (nSPS) is 17.1. The lowest BCUT2D eigenvalue weighted by Gasteiger charge is -2.10. The van der Waals surface area contributed by atoms with Crippen molar-refractivity contribution in [2.45, 2.75) is 0 Å². The van der Waals surface area contributed by atoms with Gasteiger partial charge in [-0.05, 0) is 23.8 Å². The molecular weight excluding hydrogens is 308 g/mol. The molecule has 20 heavy (non-hydrogen) atoms. The van der Waals surface area contributed by atoms with E-state index in [-0.39, 0.29) is 9.23 Å². The van der Waals surface area contributed by atoms with Crippen LogP contribution < -0.4 is 0 Å². The van der Waals surface area contributed by atoms with E-state index in [0.29, 0.717) is 5.56 Å². The van der Waals surface area contributed by atoms with Crippen molar-refractivity contribution in [1.29, 1.82) is 0 Å². The summed E-state index contributed by atoms with van der Waals surface area (Å²) in [6, 6.07) is 3.19. The molecule has 1 heterocycles. The Bertz CT molecular complexity index is 646. The number of hydrogen-bond donors (Lipinski definition) is 1. The van der Waals surface area contributed by atoms with Gasteiger partial charge in [-0.15, -0.1) is 0 Å². The van der Waals surface area contributed by atoms with E-state index in [0.717, 1.165) is 28.8 Å². The standard InChI is InChI=1S/C12H7F2NO3S2/c13-7-2-1-6(3-8(7)14)4-9-11(18)15(5-10(16)17)12(19)20-9/h1-4H,5H2,(H,16,17)/b9-4-. The molecule has 0 saturated carbocycles. The summed E-state index contributed by atoms with van der Waals surface area (Å²) in [5.74, 6) is -3.76. The number of thiocarbonyl (C=S) groups is 1. The highest BCUT2D eigenvalue weighted by molar-refractivity contribution is 8.26. The van der Waals surface area contributed by atoms with Crippen molar-refractivity contribution in [1.82, 2.24) is 4.90 Å². The molecule has 0 radical (unpaired) electrons. The number of carboxylic acid groups (broad SMARTS) is 1. The number of carbonyl (C=O) groups is 2. The number of benzene rings is 1. The highest BCUT2D eigenvalue weighted by Gasteiger charge is 2.33. The minimum atomic E-state index is -1.18. The zero-order valence-electron chi connectivity index (χ0n) is 9.80. The number of hydrogen-bond acceptors (Lipinski definition) is 4. The smallest absolute Gasteiger partial charge is 0.323 e. The molecule has 4 nitrogen and oxygen atoms in total. The summed E-state index contributed by atoms with van der Waals surface area (Å²) in [7, 11) is 0. The summed E-state index contributed by atoms with van der Waals surface area (Å²) in [5, 5.41) is 8.68. The fourth-order valence-corrected chi connectivity index (χ4v) is 2.78. The molecule has 1 aliphatic heterocycles. The number of amides is 1. The van der Waals surface area contributed by atoms with E-state index in [9.17, 15) is 18.4 Å². The molecule has 1 aliphatic rings. The van der Waals surface area contributed by atoms with Gasteiger partial charge in [-0.1, -0.05) is 30.0 Å². The summed E-state index contributed by atoms with van der Waals surface area (Å²) in [6.07, 6.45) is 1.34. The summed E-state index contributed by atoms with van der Waals surface area (Å²) in [5.41, 5.74) is 0.291. The van der Waals surface area contributed by atoms with Crippen LogP contribution in [0.1, 0.15) is 5.56 Å². The second-order valence-corrected chi connectivity index (χ2v) is 5.51. The molecule has 1 amide bonds. The molecular formula is C12H7F2NO3S2. The fraction of sp³-hybridized carbons (Fsp3) is 0.0833. The van der Waals surface area contributed by atoms with Crippen molar-refractivity contribution in [3.63, 3.8) is 0 Å². The summed E-state index contributed by atoms with van der Waals surface area (Å²) in [6.45, 7) is -0.528. The van der Waals surface area contributed by atoms with E-state index < -0.39 is 30.1 Å². The molecule has 0 aliphatic carbocycles. The van der Waals surface area contributed by atoms with Crippen LogP contribution in [-0.4, -0.2) is 32.7 Å². The molecule has 8 heteroatoms. The zero-order valence-corrected chi connectivity index (χ0v) is 11.4. The molecule has 104 valence electrons. The van der Waals surface area contributed by atoms with E-state index in [4.69, 9.17) is 17.3 Å². The Morgan fingerprint density at radius 2 is 2.10 bits per heavy atom. The lowest BCUT2D eigenvalue weighted by molar-refractivity contribution is -0.140. The predicted molar refractivity (Wildman–Crippen MR) is 73.9 cm³/mol. The quantitative estimate of drug-likeness (QED) is 0.685. The lowest BCUT2D eigenvalue weighted by Crippen LogP contribution is -2.33.